The summed E-state index contributed by atoms with van der Waals surface area (Å²) in [4.78, 5) is 0. The summed E-state index contributed by atoms with van der Waals surface area (Å²) in [7, 11) is 3.45. The second kappa shape index (κ2) is 6.63. The van der Waals surface area contributed by atoms with E-state index < -0.39 is 0 Å². The lowest BCUT2D eigenvalue weighted by atomic mass is 10.1. The fraction of sp³-hybridized carbons (Fsp3) is 0.357. The van der Waals surface area contributed by atoms with E-state index in [1.807, 2.05) is 31.4 Å². The average molecular weight is 296 g/mol. The molecular weight excluding hydrogens is 278 g/mol. The molecule has 108 valence electrons. The number of halogens is 1. The molecule has 0 aliphatic carbocycles. The minimum Gasteiger partial charge on any atom is -0.493 e. The lowest BCUT2D eigenvalue weighted by molar-refractivity contribution is 0.280. The van der Waals surface area contributed by atoms with E-state index in [1.165, 1.54) is 0 Å². The smallest absolute Gasteiger partial charge is 0.180 e. The van der Waals surface area contributed by atoms with Gasteiger partial charge in [0, 0.05) is 13.2 Å². The first kappa shape index (κ1) is 14.7. The molecule has 0 unspecified atom stereocenters. The molecule has 6 heteroatoms. The van der Waals surface area contributed by atoms with Gasteiger partial charge in [-0.15, -0.1) is 0 Å². The normalized spacial score (nSPS) is 10.6. The van der Waals surface area contributed by atoms with Gasteiger partial charge < -0.3 is 15.2 Å². The monoisotopic (exact) mass is 295 g/mol. The average Bonchev–Trinajstić information content (AvgIpc) is 2.83. The molecule has 0 atom stereocenters. The first-order valence-electron chi connectivity index (χ1n) is 6.32. The van der Waals surface area contributed by atoms with E-state index in [2.05, 4.69) is 5.10 Å². The number of hydrogen-bond donors (Lipinski definition) is 1. The summed E-state index contributed by atoms with van der Waals surface area (Å²) in [6.07, 6.45) is 2.61. The van der Waals surface area contributed by atoms with Gasteiger partial charge in [0.1, 0.15) is 6.61 Å². The van der Waals surface area contributed by atoms with E-state index in [0.29, 0.717) is 29.7 Å². The maximum Gasteiger partial charge on any atom is 0.180 e. The highest BCUT2D eigenvalue weighted by Crippen LogP contribution is 2.36. The van der Waals surface area contributed by atoms with E-state index in [4.69, 9.17) is 26.8 Å². The first-order chi connectivity index (χ1) is 9.63. The Hall–Kier alpha value is -1.72. The van der Waals surface area contributed by atoms with Crippen LogP contribution >= 0.6 is 11.6 Å². The van der Waals surface area contributed by atoms with E-state index in [-0.39, 0.29) is 0 Å². The van der Waals surface area contributed by atoms with Crippen molar-refractivity contribution in [1.82, 2.24) is 9.78 Å². The maximum absolute atomic E-state index is 6.25. The third kappa shape index (κ3) is 3.43. The molecule has 0 radical (unpaired) electrons. The summed E-state index contributed by atoms with van der Waals surface area (Å²) in [5, 5.41) is 4.77. The molecule has 0 aliphatic rings. The van der Waals surface area contributed by atoms with Crippen molar-refractivity contribution in [2.75, 3.05) is 13.7 Å². The lowest BCUT2D eigenvalue weighted by Gasteiger charge is -2.13. The molecule has 0 spiro atoms. The number of rotatable bonds is 6. The quantitative estimate of drug-likeness (QED) is 0.887. The van der Waals surface area contributed by atoms with Crippen molar-refractivity contribution in [3.63, 3.8) is 0 Å². The molecular formula is C14H18ClN3O2. The molecule has 0 saturated heterocycles. The summed E-state index contributed by atoms with van der Waals surface area (Å²) >= 11 is 6.25. The van der Waals surface area contributed by atoms with Crippen molar-refractivity contribution in [1.29, 1.82) is 0 Å². The van der Waals surface area contributed by atoms with Gasteiger partial charge in [-0.25, -0.2) is 0 Å². The first-order valence-corrected chi connectivity index (χ1v) is 6.69. The van der Waals surface area contributed by atoms with Crippen LogP contribution in [0.4, 0.5) is 0 Å². The SMILES string of the molecule is COc1cc(CCN)cc(Cl)c1OCc1ccn(C)n1. The highest BCUT2D eigenvalue weighted by molar-refractivity contribution is 6.32. The highest BCUT2D eigenvalue weighted by atomic mass is 35.5. The van der Waals surface area contributed by atoms with E-state index in [1.54, 1.807) is 11.8 Å². The number of hydrogen-bond acceptors (Lipinski definition) is 4. The van der Waals surface area contributed by atoms with Gasteiger partial charge >= 0.3 is 0 Å². The van der Waals surface area contributed by atoms with Crippen LogP contribution in [0.1, 0.15) is 11.3 Å². The Balaban J connectivity index is 2.17. The third-order valence-electron chi connectivity index (χ3n) is 2.86. The molecule has 2 aromatic rings. The molecule has 1 aromatic carbocycles. The van der Waals surface area contributed by atoms with Gasteiger partial charge in [0.2, 0.25) is 0 Å². The van der Waals surface area contributed by atoms with Gasteiger partial charge in [0.25, 0.3) is 0 Å². The van der Waals surface area contributed by atoms with Crippen LogP contribution < -0.4 is 15.2 Å². The van der Waals surface area contributed by atoms with Crippen molar-refractivity contribution < 1.29 is 9.47 Å². The summed E-state index contributed by atoms with van der Waals surface area (Å²) in [6.45, 7) is 0.904. The fourth-order valence-corrected chi connectivity index (χ4v) is 2.20. The van der Waals surface area contributed by atoms with Gasteiger partial charge in [-0.1, -0.05) is 11.6 Å². The zero-order chi connectivity index (χ0) is 14.5. The molecule has 0 aliphatic heterocycles. The predicted molar refractivity (Wildman–Crippen MR) is 78.3 cm³/mol. The van der Waals surface area contributed by atoms with Gasteiger partial charge in [0.15, 0.2) is 11.5 Å². The minimum atomic E-state index is 0.340. The Morgan fingerprint density at radius 2 is 2.20 bits per heavy atom. The molecule has 2 N–H and O–H groups in total. The van der Waals surface area contributed by atoms with Crippen molar-refractivity contribution in [2.24, 2.45) is 12.8 Å². The van der Waals surface area contributed by atoms with Crippen LogP contribution in [-0.4, -0.2) is 23.4 Å². The number of aromatic nitrogens is 2. The molecule has 0 amide bonds. The van der Waals surface area contributed by atoms with Crippen LogP contribution in [0.5, 0.6) is 11.5 Å². The van der Waals surface area contributed by atoms with Crippen LogP contribution in [0.15, 0.2) is 24.4 Å². The molecule has 0 fully saturated rings. The zero-order valence-electron chi connectivity index (χ0n) is 11.6. The number of aryl methyl sites for hydroxylation is 1. The van der Waals surface area contributed by atoms with Crippen molar-refractivity contribution in [2.45, 2.75) is 13.0 Å². The summed E-state index contributed by atoms with van der Waals surface area (Å²) < 4.78 is 12.8. The zero-order valence-corrected chi connectivity index (χ0v) is 12.4. The van der Waals surface area contributed by atoms with Gasteiger partial charge in [-0.3, -0.25) is 4.68 Å². The number of ether oxygens (including phenoxy) is 2. The molecule has 20 heavy (non-hydrogen) atoms. The minimum absolute atomic E-state index is 0.340. The Kier molecular flexibility index (Phi) is 4.87. The summed E-state index contributed by atoms with van der Waals surface area (Å²) in [6, 6.07) is 5.64. The van der Waals surface area contributed by atoms with Crippen LogP contribution in [0, 0.1) is 0 Å². The number of nitrogens with two attached hydrogens (primary N) is 1. The number of benzene rings is 1. The largest absolute Gasteiger partial charge is 0.493 e. The second-order valence-corrected chi connectivity index (χ2v) is 4.82. The predicted octanol–water partition coefficient (Wildman–Crippen LogP) is 2.16. The van der Waals surface area contributed by atoms with Crippen molar-refractivity contribution >= 4 is 11.6 Å². The maximum atomic E-state index is 6.25. The van der Waals surface area contributed by atoms with Crippen molar-refractivity contribution in [3.05, 3.63) is 40.7 Å². The van der Waals surface area contributed by atoms with Crippen molar-refractivity contribution in [3.8, 4) is 11.5 Å². The Bertz CT molecular complexity index is 584. The van der Waals surface area contributed by atoms with E-state index in [9.17, 15) is 0 Å². The fourth-order valence-electron chi connectivity index (χ4n) is 1.91. The molecule has 0 bridgehead atoms. The lowest BCUT2D eigenvalue weighted by Crippen LogP contribution is -2.04. The number of nitrogens with zero attached hydrogens (tertiary/aromatic N) is 2. The third-order valence-corrected chi connectivity index (χ3v) is 3.14. The molecule has 1 heterocycles. The number of methoxy groups -OCH3 is 1. The summed E-state index contributed by atoms with van der Waals surface area (Å²) in [5.41, 5.74) is 7.41. The van der Waals surface area contributed by atoms with Crippen LogP contribution in [-0.2, 0) is 20.1 Å². The topological polar surface area (TPSA) is 62.3 Å². The Morgan fingerprint density at radius 1 is 1.40 bits per heavy atom. The van der Waals surface area contributed by atoms with Gasteiger partial charge in [-0.2, -0.15) is 5.10 Å². The summed E-state index contributed by atoms with van der Waals surface area (Å²) in [5.74, 6) is 1.14. The standard InChI is InChI=1S/C14H18ClN3O2/c1-18-6-4-11(17-18)9-20-14-12(15)7-10(3-5-16)8-13(14)19-2/h4,6-8H,3,5,9,16H2,1-2H3. The Morgan fingerprint density at radius 3 is 2.80 bits per heavy atom. The molecule has 1 aromatic heterocycles. The van der Waals surface area contributed by atoms with Gasteiger partial charge in [-0.05, 0) is 36.7 Å². The van der Waals surface area contributed by atoms with Crippen LogP contribution in [0.2, 0.25) is 5.02 Å². The van der Waals surface area contributed by atoms with E-state index in [0.717, 1.165) is 17.7 Å². The Labute approximate surface area is 123 Å². The molecule has 0 saturated carbocycles. The van der Waals surface area contributed by atoms with Crippen LogP contribution in [0.25, 0.3) is 0 Å². The highest BCUT2D eigenvalue weighted by Gasteiger charge is 2.12. The molecule has 5 nitrogen and oxygen atoms in total. The van der Waals surface area contributed by atoms with Gasteiger partial charge in [0.05, 0.1) is 17.8 Å². The second-order valence-electron chi connectivity index (χ2n) is 4.42. The van der Waals surface area contributed by atoms with Crippen LogP contribution in [0.3, 0.4) is 0 Å². The molecule has 2 rings (SSSR count). The van der Waals surface area contributed by atoms with E-state index >= 15 is 0 Å².